The lowest BCUT2D eigenvalue weighted by atomic mass is 9.85. The van der Waals surface area contributed by atoms with Crippen molar-refractivity contribution in [1.29, 1.82) is 0 Å². The van der Waals surface area contributed by atoms with E-state index in [1.165, 1.54) is 0 Å². The molecule has 1 aliphatic rings. The zero-order valence-electron chi connectivity index (χ0n) is 11.1. The summed E-state index contributed by atoms with van der Waals surface area (Å²) >= 11 is 0. The molecule has 18 heavy (non-hydrogen) atoms. The number of hydrogen-bond donors (Lipinski definition) is 2. The van der Waals surface area contributed by atoms with E-state index >= 15 is 0 Å². The topological polar surface area (TPSA) is 32.3 Å². The summed E-state index contributed by atoms with van der Waals surface area (Å²) in [5.41, 5.74) is 0. The van der Waals surface area contributed by atoms with E-state index < -0.39 is 12.1 Å². The van der Waals surface area contributed by atoms with Gasteiger partial charge < -0.3 is 10.4 Å². The van der Waals surface area contributed by atoms with E-state index in [9.17, 15) is 18.3 Å². The molecule has 0 unspecified atom stereocenters. The minimum atomic E-state index is -4.06. The third-order valence-electron chi connectivity index (χ3n) is 3.78. The lowest BCUT2D eigenvalue weighted by Gasteiger charge is -2.31. The third-order valence-corrected chi connectivity index (χ3v) is 3.78. The Balaban J connectivity index is 2.26. The second-order valence-corrected chi connectivity index (χ2v) is 5.66. The molecule has 0 spiro atoms. The Bertz CT molecular complexity index is 243. The summed E-state index contributed by atoms with van der Waals surface area (Å²) in [6.45, 7) is 4.46. The van der Waals surface area contributed by atoms with Gasteiger partial charge in [-0.2, -0.15) is 13.2 Å². The van der Waals surface area contributed by atoms with Crippen molar-refractivity contribution < 1.29 is 18.3 Å². The summed E-state index contributed by atoms with van der Waals surface area (Å²) in [6.07, 6.45) is -1.95. The summed E-state index contributed by atoms with van der Waals surface area (Å²) in [7, 11) is 0. The number of nitrogens with one attached hydrogen (secondary N) is 1. The van der Waals surface area contributed by atoms with Crippen LogP contribution in [-0.4, -0.2) is 30.0 Å². The van der Waals surface area contributed by atoms with Crippen LogP contribution in [-0.2, 0) is 0 Å². The van der Waals surface area contributed by atoms with E-state index in [0.717, 1.165) is 6.42 Å². The number of aliphatic hydroxyl groups excluding tert-OH is 1. The molecule has 2 nitrogen and oxygen atoms in total. The van der Waals surface area contributed by atoms with Crippen LogP contribution in [0.3, 0.4) is 0 Å². The molecule has 108 valence electrons. The first-order valence-electron chi connectivity index (χ1n) is 6.79. The minimum absolute atomic E-state index is 0.0512. The van der Waals surface area contributed by atoms with Gasteiger partial charge >= 0.3 is 6.18 Å². The molecule has 1 aliphatic carbocycles. The predicted octanol–water partition coefficient (Wildman–Crippen LogP) is 3.10. The van der Waals surface area contributed by atoms with Gasteiger partial charge in [-0.05, 0) is 38.1 Å². The predicted molar refractivity (Wildman–Crippen MR) is 65.3 cm³/mol. The number of aliphatic hydroxyl groups is 1. The quantitative estimate of drug-likeness (QED) is 0.802. The first-order valence-corrected chi connectivity index (χ1v) is 6.79. The van der Waals surface area contributed by atoms with Gasteiger partial charge in [0.1, 0.15) is 0 Å². The normalized spacial score (nSPS) is 27.5. The van der Waals surface area contributed by atoms with Gasteiger partial charge in [0, 0.05) is 6.04 Å². The molecule has 1 saturated carbocycles. The monoisotopic (exact) mass is 267 g/mol. The van der Waals surface area contributed by atoms with Gasteiger partial charge in [0.15, 0.2) is 0 Å². The molecule has 5 heteroatoms. The van der Waals surface area contributed by atoms with Crippen LogP contribution in [0, 0.1) is 11.8 Å². The molecule has 0 saturated heterocycles. The molecule has 2 N–H and O–H groups in total. The Morgan fingerprint density at radius 3 is 2.50 bits per heavy atom. The van der Waals surface area contributed by atoms with Crippen molar-refractivity contribution >= 4 is 0 Å². The molecule has 0 aromatic carbocycles. The van der Waals surface area contributed by atoms with E-state index in [4.69, 9.17) is 0 Å². The van der Waals surface area contributed by atoms with Crippen LogP contribution in [0.4, 0.5) is 13.2 Å². The van der Waals surface area contributed by atoms with Crippen LogP contribution in [0.15, 0.2) is 0 Å². The lowest BCUT2D eigenvalue weighted by Crippen LogP contribution is -2.40. The van der Waals surface area contributed by atoms with Gasteiger partial charge in [-0.25, -0.2) is 0 Å². The van der Waals surface area contributed by atoms with Crippen molar-refractivity contribution in [3.8, 4) is 0 Å². The van der Waals surface area contributed by atoms with Gasteiger partial charge in [-0.15, -0.1) is 0 Å². The molecule has 1 fully saturated rings. The van der Waals surface area contributed by atoms with E-state index in [0.29, 0.717) is 19.4 Å². The van der Waals surface area contributed by atoms with Gasteiger partial charge in [0.05, 0.1) is 12.0 Å². The molecule has 0 aromatic rings. The Labute approximate surface area is 107 Å². The van der Waals surface area contributed by atoms with Crippen LogP contribution in [0.5, 0.6) is 0 Å². The maximum absolute atomic E-state index is 12.6. The van der Waals surface area contributed by atoms with Crippen molar-refractivity contribution in [3.05, 3.63) is 0 Å². The molecule has 0 aromatic heterocycles. The zero-order valence-corrected chi connectivity index (χ0v) is 11.1. The van der Waals surface area contributed by atoms with Gasteiger partial charge in [-0.3, -0.25) is 0 Å². The SMILES string of the molecule is CC(C)[C@H](O)CCN[C@H]1CCC[C@@H](C(F)(F)F)C1. The molecule has 3 atom stereocenters. The standard InChI is InChI=1S/C13H24F3NO/c1-9(2)12(18)6-7-17-11-5-3-4-10(8-11)13(14,15)16/h9-12,17-18H,3-8H2,1-2H3/t10-,11+,12-/m1/s1. The first kappa shape index (κ1) is 15.8. The van der Waals surface area contributed by atoms with Gasteiger partial charge in [-0.1, -0.05) is 20.3 Å². The number of alkyl halides is 3. The van der Waals surface area contributed by atoms with E-state index in [1.807, 2.05) is 13.8 Å². The van der Waals surface area contributed by atoms with Gasteiger partial charge in [0.25, 0.3) is 0 Å². The Hall–Kier alpha value is -0.290. The summed E-state index contributed by atoms with van der Waals surface area (Å²) < 4.78 is 37.8. The van der Waals surface area contributed by atoms with Crippen molar-refractivity contribution in [2.75, 3.05) is 6.54 Å². The van der Waals surface area contributed by atoms with Gasteiger partial charge in [0.2, 0.25) is 0 Å². The van der Waals surface area contributed by atoms with Crippen molar-refractivity contribution in [2.24, 2.45) is 11.8 Å². The van der Waals surface area contributed by atoms with Crippen molar-refractivity contribution in [2.45, 2.75) is 64.3 Å². The summed E-state index contributed by atoms with van der Waals surface area (Å²) in [5, 5.41) is 12.8. The molecular formula is C13H24F3NO. The maximum atomic E-state index is 12.6. The van der Waals surface area contributed by atoms with Crippen LogP contribution in [0.1, 0.15) is 46.0 Å². The summed E-state index contributed by atoms with van der Waals surface area (Å²) in [5.74, 6) is -0.958. The Morgan fingerprint density at radius 2 is 1.94 bits per heavy atom. The highest BCUT2D eigenvalue weighted by molar-refractivity contribution is 4.82. The molecule has 0 aliphatic heterocycles. The largest absolute Gasteiger partial charge is 0.393 e. The average molecular weight is 267 g/mol. The number of rotatable bonds is 5. The lowest BCUT2D eigenvalue weighted by molar-refractivity contribution is -0.183. The molecule has 1 rings (SSSR count). The summed E-state index contributed by atoms with van der Waals surface area (Å²) in [4.78, 5) is 0. The second kappa shape index (κ2) is 6.75. The van der Waals surface area contributed by atoms with E-state index in [1.54, 1.807) is 0 Å². The van der Waals surface area contributed by atoms with Crippen molar-refractivity contribution in [1.82, 2.24) is 5.32 Å². The van der Waals surface area contributed by atoms with E-state index in [2.05, 4.69) is 5.32 Å². The highest BCUT2D eigenvalue weighted by Gasteiger charge is 2.41. The maximum Gasteiger partial charge on any atom is 0.391 e. The minimum Gasteiger partial charge on any atom is -0.393 e. The van der Waals surface area contributed by atoms with Crippen LogP contribution in [0.25, 0.3) is 0 Å². The highest BCUT2D eigenvalue weighted by atomic mass is 19.4. The average Bonchev–Trinajstić information content (AvgIpc) is 2.28. The second-order valence-electron chi connectivity index (χ2n) is 5.66. The third kappa shape index (κ3) is 5.14. The van der Waals surface area contributed by atoms with Crippen molar-refractivity contribution in [3.63, 3.8) is 0 Å². The Kier molecular flexibility index (Phi) is 5.92. The molecule has 0 bridgehead atoms. The molecule has 0 radical (unpaired) electrons. The Morgan fingerprint density at radius 1 is 1.28 bits per heavy atom. The summed E-state index contributed by atoms with van der Waals surface area (Å²) in [6, 6.07) is -0.0512. The fraction of sp³-hybridized carbons (Fsp3) is 1.00. The van der Waals surface area contributed by atoms with Crippen LogP contribution < -0.4 is 5.32 Å². The number of halogens is 3. The van der Waals surface area contributed by atoms with E-state index in [-0.39, 0.29) is 30.9 Å². The smallest absolute Gasteiger partial charge is 0.391 e. The van der Waals surface area contributed by atoms with Crippen LogP contribution >= 0.6 is 0 Å². The fourth-order valence-corrected chi connectivity index (χ4v) is 2.44. The molecule has 0 amide bonds. The fourth-order valence-electron chi connectivity index (χ4n) is 2.44. The molecular weight excluding hydrogens is 243 g/mol. The molecule has 0 heterocycles. The highest BCUT2D eigenvalue weighted by Crippen LogP contribution is 2.37. The zero-order chi connectivity index (χ0) is 13.8. The number of hydrogen-bond acceptors (Lipinski definition) is 2. The first-order chi connectivity index (χ1) is 8.30. The van der Waals surface area contributed by atoms with Crippen LogP contribution in [0.2, 0.25) is 0 Å².